The van der Waals surface area contributed by atoms with Gasteiger partial charge in [-0.2, -0.15) is 0 Å². The van der Waals surface area contributed by atoms with Gasteiger partial charge in [0.1, 0.15) is 11.5 Å². The molecule has 0 saturated heterocycles. The van der Waals surface area contributed by atoms with E-state index in [4.69, 9.17) is 4.84 Å². The standard InChI is InChI=1S/C13H10BrFN2O/c1-2-3-8-18-17-9-12(14)13(16-17)10-4-6-11(15)7-5-10/h4-7,9H,8H2,1H3. The van der Waals surface area contributed by atoms with Gasteiger partial charge in [0.15, 0.2) is 6.61 Å². The molecule has 5 heteroatoms. The van der Waals surface area contributed by atoms with E-state index in [9.17, 15) is 4.39 Å². The average molecular weight is 309 g/mol. The van der Waals surface area contributed by atoms with E-state index < -0.39 is 0 Å². The Balaban J connectivity index is 2.22. The Labute approximate surface area is 113 Å². The maximum atomic E-state index is 12.8. The molecule has 0 radical (unpaired) electrons. The molecule has 0 bridgehead atoms. The average Bonchev–Trinajstić information content (AvgIpc) is 2.72. The molecule has 0 aliphatic rings. The lowest BCUT2D eigenvalue weighted by Gasteiger charge is -1.99. The van der Waals surface area contributed by atoms with Gasteiger partial charge in [-0.15, -0.1) is 15.9 Å². The van der Waals surface area contributed by atoms with Crippen molar-refractivity contribution in [1.82, 2.24) is 9.94 Å². The fraction of sp³-hybridized carbons (Fsp3) is 0.154. The van der Waals surface area contributed by atoms with Crippen LogP contribution in [0.3, 0.4) is 0 Å². The van der Waals surface area contributed by atoms with E-state index in [-0.39, 0.29) is 12.4 Å². The van der Waals surface area contributed by atoms with E-state index in [0.717, 1.165) is 10.0 Å². The highest BCUT2D eigenvalue weighted by Gasteiger charge is 2.09. The van der Waals surface area contributed by atoms with Crippen molar-refractivity contribution < 1.29 is 9.23 Å². The predicted molar refractivity (Wildman–Crippen MR) is 70.2 cm³/mol. The number of benzene rings is 1. The van der Waals surface area contributed by atoms with Crippen LogP contribution in [0.5, 0.6) is 0 Å². The monoisotopic (exact) mass is 308 g/mol. The molecule has 0 amide bonds. The minimum atomic E-state index is -0.274. The van der Waals surface area contributed by atoms with Gasteiger partial charge >= 0.3 is 0 Å². The summed E-state index contributed by atoms with van der Waals surface area (Å²) in [6.45, 7) is 2.01. The van der Waals surface area contributed by atoms with Gasteiger partial charge in [0, 0.05) is 5.56 Å². The summed E-state index contributed by atoms with van der Waals surface area (Å²) in [4.78, 5) is 6.62. The van der Waals surface area contributed by atoms with E-state index in [1.165, 1.54) is 17.0 Å². The molecular formula is C13H10BrFN2O. The minimum Gasteiger partial charge on any atom is -0.384 e. The quantitative estimate of drug-likeness (QED) is 0.815. The van der Waals surface area contributed by atoms with Gasteiger partial charge in [0.2, 0.25) is 0 Å². The largest absolute Gasteiger partial charge is 0.384 e. The first-order chi connectivity index (χ1) is 8.70. The van der Waals surface area contributed by atoms with Crippen LogP contribution in [0.2, 0.25) is 0 Å². The number of rotatable bonds is 3. The number of hydrogen-bond donors (Lipinski definition) is 0. The van der Waals surface area contributed by atoms with E-state index in [0.29, 0.717) is 5.69 Å². The Morgan fingerprint density at radius 1 is 1.39 bits per heavy atom. The fourth-order valence-electron chi connectivity index (χ4n) is 1.37. The molecule has 0 aliphatic carbocycles. The Morgan fingerprint density at radius 3 is 2.78 bits per heavy atom. The molecule has 0 atom stereocenters. The van der Waals surface area contributed by atoms with Crippen LogP contribution in [0.4, 0.5) is 4.39 Å². The zero-order valence-electron chi connectivity index (χ0n) is 9.65. The first-order valence-electron chi connectivity index (χ1n) is 5.24. The van der Waals surface area contributed by atoms with Crippen molar-refractivity contribution in [3.8, 4) is 23.1 Å². The van der Waals surface area contributed by atoms with Crippen molar-refractivity contribution in [1.29, 1.82) is 0 Å². The minimum absolute atomic E-state index is 0.271. The van der Waals surface area contributed by atoms with Crippen LogP contribution < -0.4 is 4.84 Å². The molecule has 92 valence electrons. The van der Waals surface area contributed by atoms with Crippen LogP contribution in [0, 0.1) is 17.7 Å². The van der Waals surface area contributed by atoms with Crippen LogP contribution in [-0.4, -0.2) is 16.6 Å². The molecule has 3 nitrogen and oxygen atoms in total. The fourth-order valence-corrected chi connectivity index (χ4v) is 1.86. The van der Waals surface area contributed by atoms with E-state index in [1.54, 1.807) is 25.3 Å². The van der Waals surface area contributed by atoms with Crippen molar-refractivity contribution in [3.63, 3.8) is 0 Å². The van der Waals surface area contributed by atoms with Crippen LogP contribution in [-0.2, 0) is 0 Å². The highest BCUT2D eigenvalue weighted by atomic mass is 79.9. The van der Waals surface area contributed by atoms with Gasteiger partial charge < -0.3 is 4.84 Å². The summed E-state index contributed by atoms with van der Waals surface area (Å²) in [5.74, 6) is 5.23. The number of nitrogens with zero attached hydrogens (tertiary/aromatic N) is 2. The van der Waals surface area contributed by atoms with Crippen molar-refractivity contribution >= 4 is 15.9 Å². The predicted octanol–water partition coefficient (Wildman–Crippen LogP) is 2.90. The van der Waals surface area contributed by atoms with E-state index in [2.05, 4.69) is 32.9 Å². The third kappa shape index (κ3) is 2.90. The molecule has 1 aromatic heterocycles. The van der Waals surface area contributed by atoms with E-state index >= 15 is 0 Å². The number of hydrogen-bond acceptors (Lipinski definition) is 2. The van der Waals surface area contributed by atoms with Gasteiger partial charge in [-0.3, -0.25) is 0 Å². The van der Waals surface area contributed by atoms with Crippen LogP contribution >= 0.6 is 15.9 Å². The number of halogens is 2. The van der Waals surface area contributed by atoms with Crippen molar-refractivity contribution in [2.75, 3.05) is 6.61 Å². The third-order valence-corrected chi connectivity index (χ3v) is 2.79. The SMILES string of the molecule is CC#CCOn1cc(Br)c(-c2ccc(F)cc2)n1. The molecule has 0 saturated carbocycles. The summed E-state index contributed by atoms with van der Waals surface area (Å²) in [6.07, 6.45) is 1.69. The smallest absolute Gasteiger partial charge is 0.177 e. The second-order valence-corrected chi connectivity index (χ2v) is 4.29. The van der Waals surface area contributed by atoms with Gasteiger partial charge in [-0.1, -0.05) is 5.92 Å². The second kappa shape index (κ2) is 5.69. The molecule has 0 aliphatic heterocycles. The first-order valence-corrected chi connectivity index (χ1v) is 6.04. The summed E-state index contributed by atoms with van der Waals surface area (Å²) in [5.41, 5.74) is 1.51. The van der Waals surface area contributed by atoms with Crippen LogP contribution in [0.1, 0.15) is 6.92 Å². The van der Waals surface area contributed by atoms with Crippen LogP contribution in [0.25, 0.3) is 11.3 Å². The van der Waals surface area contributed by atoms with Crippen molar-refractivity contribution in [2.24, 2.45) is 0 Å². The van der Waals surface area contributed by atoms with Crippen molar-refractivity contribution in [3.05, 3.63) is 40.8 Å². The Morgan fingerprint density at radius 2 is 2.11 bits per heavy atom. The zero-order valence-corrected chi connectivity index (χ0v) is 11.2. The Kier molecular flexibility index (Phi) is 4.00. The lowest BCUT2D eigenvalue weighted by Crippen LogP contribution is -2.11. The molecule has 0 unspecified atom stereocenters. The first kappa shape index (κ1) is 12.7. The third-order valence-electron chi connectivity index (χ3n) is 2.21. The maximum Gasteiger partial charge on any atom is 0.177 e. The summed E-state index contributed by atoms with van der Waals surface area (Å²) in [5, 5.41) is 4.24. The summed E-state index contributed by atoms with van der Waals surface area (Å²) < 4.78 is 13.6. The molecule has 2 rings (SSSR count). The number of aromatic nitrogens is 2. The normalized spacial score (nSPS) is 9.72. The van der Waals surface area contributed by atoms with E-state index in [1.807, 2.05) is 0 Å². The van der Waals surface area contributed by atoms with Gasteiger partial charge in [0.05, 0.1) is 10.7 Å². The topological polar surface area (TPSA) is 27.1 Å². The highest BCUT2D eigenvalue weighted by Crippen LogP contribution is 2.26. The Hall–Kier alpha value is -1.80. The van der Waals surface area contributed by atoms with Crippen LogP contribution in [0.15, 0.2) is 34.9 Å². The lowest BCUT2D eigenvalue weighted by atomic mass is 10.1. The second-order valence-electron chi connectivity index (χ2n) is 3.44. The molecule has 1 aromatic carbocycles. The molecule has 2 aromatic rings. The molecular weight excluding hydrogens is 299 g/mol. The maximum absolute atomic E-state index is 12.8. The summed E-state index contributed by atoms with van der Waals surface area (Å²) >= 11 is 3.39. The lowest BCUT2D eigenvalue weighted by molar-refractivity contribution is 0.109. The molecule has 0 N–H and O–H groups in total. The Bertz CT molecular complexity index is 596. The molecule has 1 heterocycles. The zero-order chi connectivity index (χ0) is 13.0. The highest BCUT2D eigenvalue weighted by molar-refractivity contribution is 9.10. The molecule has 18 heavy (non-hydrogen) atoms. The van der Waals surface area contributed by atoms with Gasteiger partial charge in [0.25, 0.3) is 0 Å². The van der Waals surface area contributed by atoms with Gasteiger partial charge in [-0.25, -0.2) is 4.39 Å². The molecule has 0 fully saturated rings. The van der Waals surface area contributed by atoms with Crippen molar-refractivity contribution in [2.45, 2.75) is 6.92 Å². The molecule has 0 spiro atoms. The summed E-state index contributed by atoms with van der Waals surface area (Å²) in [7, 11) is 0. The van der Waals surface area contributed by atoms with Gasteiger partial charge in [-0.05, 0) is 47.1 Å². The summed E-state index contributed by atoms with van der Waals surface area (Å²) in [6, 6.07) is 6.12.